The number of carbonyl (C=O) groups is 1. The molecule has 0 bridgehead atoms. The van der Waals surface area contributed by atoms with Crippen LogP contribution in [0, 0.1) is 11.8 Å². The van der Waals surface area contributed by atoms with Crippen LogP contribution in [0.3, 0.4) is 0 Å². The smallest absolute Gasteiger partial charge is 0.223 e. The second-order valence-corrected chi connectivity index (χ2v) is 8.06. The van der Waals surface area contributed by atoms with E-state index < -0.39 is 5.60 Å². The van der Waals surface area contributed by atoms with Crippen molar-refractivity contribution in [1.29, 1.82) is 0 Å². The molecule has 1 saturated heterocycles. The van der Waals surface area contributed by atoms with Crippen molar-refractivity contribution >= 4 is 5.91 Å². The van der Waals surface area contributed by atoms with Crippen LogP contribution in [-0.4, -0.2) is 53.1 Å². The molecule has 2 fully saturated rings. The molecule has 3 rings (SSSR count). The van der Waals surface area contributed by atoms with Crippen molar-refractivity contribution in [1.82, 2.24) is 9.80 Å². The van der Waals surface area contributed by atoms with Gasteiger partial charge in [0.25, 0.3) is 0 Å². The lowest BCUT2D eigenvalue weighted by Crippen LogP contribution is -2.56. The largest absolute Gasteiger partial charge is 0.389 e. The molecule has 1 aromatic carbocycles. The maximum absolute atomic E-state index is 12.4. The van der Waals surface area contributed by atoms with E-state index in [9.17, 15) is 9.90 Å². The summed E-state index contributed by atoms with van der Waals surface area (Å²) < 4.78 is 0. The Kier molecular flexibility index (Phi) is 5.80. The Labute approximate surface area is 151 Å². The molecule has 0 spiro atoms. The number of hydrogen-bond donors (Lipinski definition) is 1. The molecular formula is C21H32N2O2. The first-order chi connectivity index (χ1) is 12.0. The molecule has 1 aliphatic carbocycles. The Hall–Kier alpha value is -1.39. The van der Waals surface area contributed by atoms with Crippen LogP contribution in [0.2, 0.25) is 0 Å². The molecule has 1 heterocycles. The van der Waals surface area contributed by atoms with Gasteiger partial charge in [-0.15, -0.1) is 0 Å². The van der Waals surface area contributed by atoms with Crippen molar-refractivity contribution in [2.75, 3.05) is 26.7 Å². The first kappa shape index (κ1) is 18.4. The van der Waals surface area contributed by atoms with Crippen LogP contribution < -0.4 is 0 Å². The van der Waals surface area contributed by atoms with E-state index >= 15 is 0 Å². The molecule has 1 aliphatic heterocycles. The molecule has 1 N–H and O–H groups in total. The Morgan fingerprint density at radius 2 is 2.04 bits per heavy atom. The van der Waals surface area contributed by atoms with Crippen molar-refractivity contribution in [3.8, 4) is 0 Å². The van der Waals surface area contributed by atoms with Crippen LogP contribution in [0.15, 0.2) is 30.3 Å². The minimum Gasteiger partial charge on any atom is -0.389 e. The van der Waals surface area contributed by atoms with E-state index in [1.165, 1.54) is 19.3 Å². The summed E-state index contributed by atoms with van der Waals surface area (Å²) in [6, 6.07) is 10.1. The fourth-order valence-electron chi connectivity index (χ4n) is 4.33. The summed E-state index contributed by atoms with van der Waals surface area (Å²) in [5.41, 5.74) is 0.693. The van der Waals surface area contributed by atoms with Gasteiger partial charge in [-0.3, -0.25) is 4.79 Å². The van der Waals surface area contributed by atoms with Crippen LogP contribution in [0.25, 0.3) is 0 Å². The molecular weight excluding hydrogens is 312 g/mol. The van der Waals surface area contributed by atoms with Crippen LogP contribution >= 0.6 is 0 Å². The summed E-state index contributed by atoms with van der Waals surface area (Å²) in [6.45, 7) is 5.45. The van der Waals surface area contributed by atoms with Crippen LogP contribution in [-0.2, 0) is 11.3 Å². The average Bonchev–Trinajstić information content (AvgIpc) is 2.55. The van der Waals surface area contributed by atoms with E-state index in [1.54, 1.807) is 0 Å². The molecule has 0 aromatic heterocycles. The maximum Gasteiger partial charge on any atom is 0.223 e. The molecule has 1 saturated carbocycles. The van der Waals surface area contributed by atoms with Crippen molar-refractivity contribution in [3.05, 3.63) is 35.9 Å². The summed E-state index contributed by atoms with van der Waals surface area (Å²) in [4.78, 5) is 16.6. The standard InChI is InChI=1S/C21H32N2O2/c1-17-15-23(14-12-21(17,25)19-9-6-10-19)13-11-20(24)22(2)16-18-7-4-3-5-8-18/h3-5,7-8,17,19,25H,6,9-16H2,1-2H3/t17-,21+/m1/s1. The normalized spacial score (nSPS) is 27.7. The summed E-state index contributed by atoms with van der Waals surface area (Å²) in [6.07, 6.45) is 5.05. The molecule has 2 atom stereocenters. The van der Waals surface area contributed by atoms with E-state index in [4.69, 9.17) is 0 Å². The van der Waals surface area contributed by atoms with E-state index in [0.29, 0.717) is 24.8 Å². The lowest BCUT2D eigenvalue weighted by molar-refractivity contribution is -0.134. The molecule has 2 aliphatic rings. The minimum absolute atomic E-state index is 0.191. The van der Waals surface area contributed by atoms with E-state index in [0.717, 1.165) is 31.6 Å². The van der Waals surface area contributed by atoms with Gasteiger partial charge in [0.05, 0.1) is 5.60 Å². The molecule has 0 radical (unpaired) electrons. The van der Waals surface area contributed by atoms with Crippen LogP contribution in [0.5, 0.6) is 0 Å². The monoisotopic (exact) mass is 344 g/mol. The zero-order valence-electron chi connectivity index (χ0n) is 15.7. The molecule has 4 heteroatoms. The van der Waals surface area contributed by atoms with Gasteiger partial charge >= 0.3 is 0 Å². The second-order valence-electron chi connectivity index (χ2n) is 8.06. The average molecular weight is 344 g/mol. The summed E-state index contributed by atoms with van der Waals surface area (Å²) in [7, 11) is 1.88. The topological polar surface area (TPSA) is 43.8 Å². The van der Waals surface area contributed by atoms with E-state index in [-0.39, 0.29) is 5.91 Å². The zero-order chi connectivity index (χ0) is 17.9. The number of benzene rings is 1. The number of rotatable bonds is 6. The maximum atomic E-state index is 12.4. The summed E-state index contributed by atoms with van der Waals surface area (Å²) in [5.74, 6) is 0.989. The predicted octanol–water partition coefficient (Wildman–Crippen LogP) is 2.91. The SMILES string of the molecule is C[C@@H]1CN(CCC(=O)N(C)Cc2ccccc2)CC[C@@]1(O)C1CCC1. The third-order valence-corrected chi connectivity index (χ3v) is 6.36. The Morgan fingerprint density at radius 1 is 1.32 bits per heavy atom. The van der Waals surface area contributed by atoms with Gasteiger partial charge in [0, 0.05) is 39.6 Å². The quantitative estimate of drug-likeness (QED) is 0.863. The molecule has 25 heavy (non-hydrogen) atoms. The molecule has 0 unspecified atom stereocenters. The lowest BCUT2D eigenvalue weighted by atomic mass is 9.65. The second kappa shape index (κ2) is 7.88. The van der Waals surface area contributed by atoms with Crippen LogP contribution in [0.1, 0.15) is 44.6 Å². The third-order valence-electron chi connectivity index (χ3n) is 6.36. The van der Waals surface area contributed by atoms with Crippen LogP contribution in [0.4, 0.5) is 0 Å². The molecule has 138 valence electrons. The number of aliphatic hydroxyl groups is 1. The first-order valence-electron chi connectivity index (χ1n) is 9.71. The number of carbonyl (C=O) groups excluding carboxylic acids is 1. The minimum atomic E-state index is -0.469. The van der Waals surface area contributed by atoms with Gasteiger partial charge in [0.15, 0.2) is 0 Å². The fraction of sp³-hybridized carbons (Fsp3) is 0.667. The van der Waals surface area contributed by atoms with Gasteiger partial charge in [-0.05, 0) is 36.7 Å². The van der Waals surface area contributed by atoms with Gasteiger partial charge in [-0.2, -0.15) is 0 Å². The van der Waals surface area contributed by atoms with Crippen molar-refractivity contribution in [2.45, 2.75) is 51.2 Å². The highest BCUT2D eigenvalue weighted by Gasteiger charge is 2.46. The number of likely N-dealkylation sites (tertiary alicyclic amines) is 1. The predicted molar refractivity (Wildman–Crippen MR) is 100 cm³/mol. The third kappa shape index (κ3) is 4.24. The number of nitrogens with zero attached hydrogens (tertiary/aromatic N) is 2. The van der Waals surface area contributed by atoms with E-state index in [1.807, 2.05) is 30.1 Å². The summed E-state index contributed by atoms with van der Waals surface area (Å²) in [5, 5.41) is 11.0. The van der Waals surface area contributed by atoms with Gasteiger partial charge in [-0.25, -0.2) is 0 Å². The fourth-order valence-corrected chi connectivity index (χ4v) is 4.33. The van der Waals surface area contributed by atoms with Gasteiger partial charge < -0.3 is 14.9 Å². The van der Waals surface area contributed by atoms with Gasteiger partial charge in [0.2, 0.25) is 5.91 Å². The molecule has 1 aromatic rings. The molecule has 4 nitrogen and oxygen atoms in total. The first-order valence-corrected chi connectivity index (χ1v) is 9.71. The summed E-state index contributed by atoms with van der Waals surface area (Å²) >= 11 is 0. The Morgan fingerprint density at radius 3 is 2.64 bits per heavy atom. The number of hydrogen-bond acceptors (Lipinski definition) is 3. The molecule has 1 amide bonds. The van der Waals surface area contributed by atoms with E-state index in [2.05, 4.69) is 24.0 Å². The van der Waals surface area contributed by atoms with Crippen molar-refractivity contribution < 1.29 is 9.90 Å². The lowest BCUT2D eigenvalue weighted by Gasteiger charge is -2.50. The Bertz CT molecular complexity index is 573. The van der Waals surface area contributed by atoms with Gasteiger partial charge in [0.1, 0.15) is 0 Å². The Balaban J connectivity index is 1.43. The number of amides is 1. The highest BCUT2D eigenvalue weighted by atomic mass is 16.3. The van der Waals surface area contributed by atoms with Crippen molar-refractivity contribution in [2.24, 2.45) is 11.8 Å². The number of piperidine rings is 1. The van der Waals surface area contributed by atoms with Crippen molar-refractivity contribution in [3.63, 3.8) is 0 Å². The highest BCUT2D eigenvalue weighted by Crippen LogP contribution is 2.44. The highest BCUT2D eigenvalue weighted by molar-refractivity contribution is 5.76. The van der Waals surface area contributed by atoms with Gasteiger partial charge in [-0.1, -0.05) is 43.7 Å². The zero-order valence-corrected chi connectivity index (χ0v) is 15.7.